The highest BCUT2D eigenvalue weighted by atomic mass is 79.9. The van der Waals surface area contributed by atoms with Gasteiger partial charge in [-0.1, -0.05) is 0 Å². The number of amides is 1. The van der Waals surface area contributed by atoms with Gasteiger partial charge in [0, 0.05) is 0 Å². The van der Waals surface area contributed by atoms with E-state index in [2.05, 4.69) is 15.9 Å². The summed E-state index contributed by atoms with van der Waals surface area (Å²) in [5, 5.41) is 10.6. The fraction of sp³-hybridized carbons (Fsp3) is 0. The first-order valence-electron chi connectivity index (χ1n) is 3.60. The summed E-state index contributed by atoms with van der Waals surface area (Å²) in [6.45, 7) is 0. The largest absolute Gasteiger partial charge is 0.478 e. The Bertz CT molecular complexity index is 436. The Hall–Kier alpha value is -1.50. The monoisotopic (exact) mass is 279 g/mol. The molecule has 0 atom stereocenters. The van der Waals surface area contributed by atoms with Gasteiger partial charge in [0.15, 0.2) is 11.6 Å². The molecule has 0 aromatic heterocycles. The number of carboxylic acid groups (broad SMARTS) is 1. The molecule has 0 aliphatic heterocycles. The van der Waals surface area contributed by atoms with E-state index in [1.807, 2.05) is 5.32 Å². The minimum absolute atomic E-state index is 0.171. The summed E-state index contributed by atoms with van der Waals surface area (Å²) in [4.78, 5) is 20.8. The van der Waals surface area contributed by atoms with Gasteiger partial charge in [0.05, 0.1) is 15.7 Å². The van der Waals surface area contributed by atoms with E-state index < -0.39 is 27.6 Å². The van der Waals surface area contributed by atoms with Crippen molar-refractivity contribution in [2.75, 3.05) is 5.32 Å². The molecule has 0 aliphatic rings. The third kappa shape index (κ3) is 2.12. The van der Waals surface area contributed by atoms with Crippen molar-refractivity contribution in [3.8, 4) is 0 Å². The summed E-state index contributed by atoms with van der Waals surface area (Å²) in [6.07, 6.45) is 0.171. The number of nitrogens with one attached hydrogen (secondary N) is 1. The molecule has 0 spiro atoms. The smallest absolute Gasteiger partial charge is 0.337 e. The van der Waals surface area contributed by atoms with Gasteiger partial charge in [-0.3, -0.25) is 4.79 Å². The molecule has 0 heterocycles. The molecule has 2 N–H and O–H groups in total. The van der Waals surface area contributed by atoms with Crippen LogP contribution in [0, 0.1) is 11.6 Å². The normalized spacial score (nSPS) is 9.80. The van der Waals surface area contributed by atoms with Gasteiger partial charge in [0.25, 0.3) is 0 Å². The summed E-state index contributed by atoms with van der Waals surface area (Å²) < 4.78 is 25.4. The molecule has 0 bridgehead atoms. The van der Waals surface area contributed by atoms with Crippen LogP contribution >= 0.6 is 15.9 Å². The molecule has 0 radical (unpaired) electrons. The molecule has 15 heavy (non-hydrogen) atoms. The fourth-order valence-electron chi connectivity index (χ4n) is 0.964. The third-order valence-electron chi connectivity index (χ3n) is 1.60. The molecule has 80 valence electrons. The first-order chi connectivity index (χ1) is 6.99. The Morgan fingerprint density at radius 2 is 2.13 bits per heavy atom. The van der Waals surface area contributed by atoms with Crippen molar-refractivity contribution in [3.63, 3.8) is 0 Å². The van der Waals surface area contributed by atoms with Gasteiger partial charge in [0.2, 0.25) is 6.41 Å². The van der Waals surface area contributed by atoms with Gasteiger partial charge in [-0.15, -0.1) is 0 Å². The molecule has 1 amide bonds. The number of anilines is 1. The lowest BCUT2D eigenvalue weighted by molar-refractivity contribution is -0.105. The van der Waals surface area contributed by atoms with Crippen LogP contribution in [-0.4, -0.2) is 17.5 Å². The van der Waals surface area contributed by atoms with Gasteiger partial charge >= 0.3 is 5.97 Å². The highest BCUT2D eigenvalue weighted by Gasteiger charge is 2.20. The first-order valence-corrected chi connectivity index (χ1v) is 4.39. The Kier molecular flexibility index (Phi) is 3.35. The molecule has 0 unspecified atom stereocenters. The molecule has 0 fully saturated rings. The van der Waals surface area contributed by atoms with E-state index in [9.17, 15) is 18.4 Å². The lowest BCUT2D eigenvalue weighted by Crippen LogP contribution is -2.08. The molecule has 1 aromatic rings. The predicted octanol–water partition coefficient (Wildman–Crippen LogP) is 1.99. The maximum atomic E-state index is 13.0. The second kappa shape index (κ2) is 4.35. The van der Waals surface area contributed by atoms with Crippen molar-refractivity contribution in [3.05, 3.63) is 27.7 Å². The first kappa shape index (κ1) is 11.6. The highest BCUT2D eigenvalue weighted by molar-refractivity contribution is 9.10. The number of rotatable bonds is 3. The molecule has 1 rings (SSSR count). The van der Waals surface area contributed by atoms with E-state index >= 15 is 0 Å². The number of carboxylic acids is 1. The Labute approximate surface area is 91.0 Å². The molecular formula is C8H4BrF2NO3. The summed E-state index contributed by atoms with van der Waals surface area (Å²) >= 11 is 2.65. The van der Waals surface area contributed by atoms with Crippen LogP contribution in [0.3, 0.4) is 0 Å². The predicted molar refractivity (Wildman–Crippen MR) is 50.7 cm³/mol. The SMILES string of the molecule is O=CNc1c(C(=O)O)cc(F)c(F)c1Br. The lowest BCUT2D eigenvalue weighted by atomic mass is 10.1. The van der Waals surface area contributed by atoms with Crippen molar-refractivity contribution in [1.29, 1.82) is 0 Å². The second-order valence-corrected chi connectivity index (χ2v) is 3.27. The Morgan fingerprint density at radius 3 is 2.60 bits per heavy atom. The summed E-state index contributed by atoms with van der Waals surface area (Å²) in [7, 11) is 0. The molecule has 1 aromatic carbocycles. The zero-order chi connectivity index (χ0) is 11.6. The standard InChI is InChI=1S/C8H4BrF2NO3/c9-5-6(11)4(10)1-3(8(14)15)7(5)12-2-13/h1-2H,(H,12,13)(H,14,15). The van der Waals surface area contributed by atoms with Crippen molar-refractivity contribution >= 4 is 34.0 Å². The average molecular weight is 280 g/mol. The van der Waals surface area contributed by atoms with E-state index in [1.54, 1.807) is 0 Å². The maximum Gasteiger partial charge on any atom is 0.337 e. The van der Waals surface area contributed by atoms with Crippen LogP contribution in [0.5, 0.6) is 0 Å². The van der Waals surface area contributed by atoms with Crippen molar-refractivity contribution in [2.45, 2.75) is 0 Å². The van der Waals surface area contributed by atoms with Crippen LogP contribution in [0.15, 0.2) is 10.5 Å². The number of carbonyl (C=O) groups excluding carboxylic acids is 1. The van der Waals surface area contributed by atoms with Gasteiger partial charge in [0.1, 0.15) is 0 Å². The number of aromatic carboxylic acids is 1. The zero-order valence-electron chi connectivity index (χ0n) is 7.05. The van der Waals surface area contributed by atoms with Crippen LogP contribution in [0.4, 0.5) is 14.5 Å². The van der Waals surface area contributed by atoms with Crippen molar-refractivity contribution in [2.24, 2.45) is 0 Å². The minimum Gasteiger partial charge on any atom is -0.478 e. The van der Waals surface area contributed by atoms with E-state index in [0.717, 1.165) is 0 Å². The van der Waals surface area contributed by atoms with E-state index in [-0.39, 0.29) is 12.1 Å². The summed E-state index contributed by atoms with van der Waals surface area (Å²) in [6, 6.07) is 0.494. The average Bonchev–Trinajstić information content (AvgIpc) is 2.18. The van der Waals surface area contributed by atoms with Crippen LogP contribution in [0.2, 0.25) is 0 Å². The molecule has 0 saturated carbocycles. The number of halogens is 3. The quantitative estimate of drug-likeness (QED) is 0.657. The van der Waals surface area contributed by atoms with Crippen LogP contribution in [0.1, 0.15) is 10.4 Å². The maximum absolute atomic E-state index is 13.0. The number of hydrogen-bond acceptors (Lipinski definition) is 2. The third-order valence-corrected chi connectivity index (χ3v) is 2.34. The number of hydrogen-bond donors (Lipinski definition) is 2. The Balaban J connectivity index is 3.49. The van der Waals surface area contributed by atoms with Crippen LogP contribution < -0.4 is 5.32 Å². The van der Waals surface area contributed by atoms with Gasteiger partial charge in [-0.2, -0.15) is 0 Å². The summed E-state index contributed by atoms with van der Waals surface area (Å²) in [5.41, 5.74) is -0.857. The number of carbonyl (C=O) groups is 2. The van der Waals surface area contributed by atoms with Crippen LogP contribution in [0.25, 0.3) is 0 Å². The zero-order valence-corrected chi connectivity index (χ0v) is 8.64. The topological polar surface area (TPSA) is 66.4 Å². The van der Waals surface area contributed by atoms with Gasteiger partial charge in [-0.25, -0.2) is 13.6 Å². The molecular weight excluding hydrogens is 276 g/mol. The molecule has 0 saturated heterocycles. The number of benzene rings is 1. The van der Waals surface area contributed by atoms with Crippen molar-refractivity contribution in [1.82, 2.24) is 0 Å². The van der Waals surface area contributed by atoms with E-state index in [4.69, 9.17) is 5.11 Å². The Morgan fingerprint density at radius 1 is 1.53 bits per heavy atom. The van der Waals surface area contributed by atoms with Gasteiger partial charge < -0.3 is 10.4 Å². The molecule has 0 aliphatic carbocycles. The molecule has 4 nitrogen and oxygen atoms in total. The molecule has 7 heteroatoms. The van der Waals surface area contributed by atoms with Crippen molar-refractivity contribution < 1.29 is 23.5 Å². The van der Waals surface area contributed by atoms with E-state index in [1.165, 1.54) is 0 Å². The minimum atomic E-state index is -1.47. The lowest BCUT2D eigenvalue weighted by Gasteiger charge is -2.08. The second-order valence-electron chi connectivity index (χ2n) is 2.48. The fourth-order valence-corrected chi connectivity index (χ4v) is 1.48. The van der Waals surface area contributed by atoms with E-state index in [0.29, 0.717) is 6.07 Å². The van der Waals surface area contributed by atoms with Crippen LogP contribution in [-0.2, 0) is 4.79 Å². The highest BCUT2D eigenvalue weighted by Crippen LogP contribution is 2.31. The van der Waals surface area contributed by atoms with Gasteiger partial charge in [-0.05, 0) is 22.0 Å². The summed E-state index contributed by atoms with van der Waals surface area (Å²) in [5.74, 6) is -4.04.